The smallest absolute Gasteiger partial charge is 0.321 e. The standard InChI is InChI=1S/C22H25FN4O2/c23-18-5-9-20(10-6-18)25-13-15-27(16-14-25)22(29)24-19-7-3-17(4-8-19)21(28)26-11-1-2-12-26/h3-10H,1-2,11-16H2,(H,24,29). The van der Waals surface area contributed by atoms with Crippen molar-refractivity contribution in [2.75, 3.05) is 49.5 Å². The highest BCUT2D eigenvalue weighted by Gasteiger charge is 2.22. The van der Waals surface area contributed by atoms with E-state index in [4.69, 9.17) is 0 Å². The van der Waals surface area contributed by atoms with Crippen molar-refractivity contribution in [1.82, 2.24) is 9.80 Å². The van der Waals surface area contributed by atoms with Crippen LogP contribution in [0.15, 0.2) is 48.5 Å². The molecule has 0 unspecified atom stereocenters. The largest absolute Gasteiger partial charge is 0.368 e. The number of hydrogen-bond acceptors (Lipinski definition) is 3. The van der Waals surface area contributed by atoms with Crippen molar-refractivity contribution in [1.29, 1.82) is 0 Å². The van der Waals surface area contributed by atoms with Crippen molar-refractivity contribution < 1.29 is 14.0 Å². The van der Waals surface area contributed by atoms with Crippen molar-refractivity contribution >= 4 is 23.3 Å². The molecule has 0 saturated carbocycles. The van der Waals surface area contributed by atoms with Gasteiger partial charge in [0.2, 0.25) is 0 Å². The Morgan fingerprint density at radius 2 is 1.38 bits per heavy atom. The zero-order valence-electron chi connectivity index (χ0n) is 16.3. The first-order valence-corrected chi connectivity index (χ1v) is 10.1. The van der Waals surface area contributed by atoms with Crippen LogP contribution in [0.4, 0.5) is 20.6 Å². The number of rotatable bonds is 3. The number of carbonyl (C=O) groups excluding carboxylic acids is 2. The Bertz CT molecular complexity index is 855. The van der Waals surface area contributed by atoms with Crippen LogP contribution in [-0.2, 0) is 0 Å². The topological polar surface area (TPSA) is 55.9 Å². The molecule has 2 fully saturated rings. The monoisotopic (exact) mass is 396 g/mol. The van der Waals surface area contributed by atoms with Crippen LogP contribution in [0.5, 0.6) is 0 Å². The number of piperazine rings is 1. The summed E-state index contributed by atoms with van der Waals surface area (Å²) in [5, 5.41) is 2.90. The number of halogens is 1. The number of benzene rings is 2. The Labute approximate surface area is 169 Å². The summed E-state index contributed by atoms with van der Waals surface area (Å²) < 4.78 is 13.1. The molecule has 0 radical (unpaired) electrons. The minimum atomic E-state index is -0.250. The molecule has 4 rings (SSSR count). The highest BCUT2D eigenvalue weighted by atomic mass is 19.1. The summed E-state index contributed by atoms with van der Waals surface area (Å²) in [4.78, 5) is 30.7. The van der Waals surface area contributed by atoms with Gasteiger partial charge in [0.05, 0.1) is 0 Å². The average Bonchev–Trinajstić information content (AvgIpc) is 3.29. The SMILES string of the molecule is O=C(Nc1ccc(C(=O)N2CCCC2)cc1)N1CCN(c2ccc(F)cc2)CC1. The van der Waals surface area contributed by atoms with Gasteiger partial charge in [-0.15, -0.1) is 0 Å². The molecule has 3 amide bonds. The van der Waals surface area contributed by atoms with Gasteiger partial charge in [0, 0.05) is 56.2 Å². The molecular weight excluding hydrogens is 371 g/mol. The van der Waals surface area contributed by atoms with E-state index >= 15 is 0 Å². The maximum absolute atomic E-state index is 13.1. The van der Waals surface area contributed by atoms with Crippen molar-refractivity contribution in [3.8, 4) is 0 Å². The van der Waals surface area contributed by atoms with E-state index in [1.54, 1.807) is 41.3 Å². The van der Waals surface area contributed by atoms with Gasteiger partial charge < -0.3 is 20.0 Å². The quantitative estimate of drug-likeness (QED) is 0.865. The average molecular weight is 396 g/mol. The zero-order valence-corrected chi connectivity index (χ0v) is 16.3. The summed E-state index contributed by atoms with van der Waals surface area (Å²) in [6.45, 7) is 4.22. The van der Waals surface area contributed by atoms with Gasteiger partial charge in [-0.2, -0.15) is 0 Å². The fourth-order valence-electron chi connectivity index (χ4n) is 3.82. The van der Waals surface area contributed by atoms with Gasteiger partial charge in [0.25, 0.3) is 5.91 Å². The summed E-state index contributed by atoms with van der Waals surface area (Å²) in [5.74, 6) is -0.197. The summed E-state index contributed by atoms with van der Waals surface area (Å²) in [6, 6.07) is 13.4. The first-order valence-electron chi connectivity index (χ1n) is 10.1. The molecule has 0 aromatic heterocycles. The van der Waals surface area contributed by atoms with Crippen molar-refractivity contribution in [3.63, 3.8) is 0 Å². The number of likely N-dealkylation sites (tertiary alicyclic amines) is 1. The molecule has 2 aliphatic heterocycles. The van der Waals surface area contributed by atoms with Gasteiger partial charge in [-0.3, -0.25) is 4.79 Å². The minimum Gasteiger partial charge on any atom is -0.368 e. The van der Waals surface area contributed by atoms with Crippen LogP contribution in [0.3, 0.4) is 0 Å². The number of nitrogens with zero attached hydrogens (tertiary/aromatic N) is 3. The summed E-state index contributed by atoms with van der Waals surface area (Å²) in [6.07, 6.45) is 2.13. The lowest BCUT2D eigenvalue weighted by Gasteiger charge is -2.36. The Morgan fingerprint density at radius 3 is 2.00 bits per heavy atom. The van der Waals surface area contributed by atoms with Gasteiger partial charge in [0.1, 0.15) is 5.82 Å². The maximum atomic E-state index is 13.1. The number of hydrogen-bond donors (Lipinski definition) is 1. The molecule has 0 spiro atoms. The van der Waals surface area contributed by atoms with E-state index in [0.717, 1.165) is 31.6 Å². The van der Waals surface area contributed by atoms with Gasteiger partial charge in [0.15, 0.2) is 0 Å². The number of amides is 3. The summed E-state index contributed by atoms with van der Waals surface area (Å²) in [7, 11) is 0. The molecular formula is C22H25FN4O2. The first kappa shape index (κ1) is 19.2. The van der Waals surface area contributed by atoms with Gasteiger partial charge >= 0.3 is 6.03 Å². The highest BCUT2D eigenvalue weighted by Crippen LogP contribution is 2.18. The minimum absolute atomic E-state index is 0.0530. The molecule has 152 valence electrons. The molecule has 2 saturated heterocycles. The lowest BCUT2D eigenvalue weighted by Crippen LogP contribution is -2.50. The molecule has 2 aromatic rings. The third-order valence-electron chi connectivity index (χ3n) is 5.54. The molecule has 2 aliphatic rings. The van der Waals surface area contributed by atoms with Gasteiger partial charge in [-0.25, -0.2) is 9.18 Å². The predicted octanol–water partition coefficient (Wildman–Crippen LogP) is 3.42. The predicted molar refractivity (Wildman–Crippen MR) is 111 cm³/mol. The van der Waals surface area contributed by atoms with E-state index in [1.807, 2.05) is 4.90 Å². The normalized spacial score (nSPS) is 16.8. The Morgan fingerprint density at radius 1 is 0.759 bits per heavy atom. The Kier molecular flexibility index (Phi) is 5.64. The van der Waals surface area contributed by atoms with Crippen LogP contribution in [0, 0.1) is 5.82 Å². The Hall–Kier alpha value is -3.09. The molecule has 6 nitrogen and oxygen atoms in total. The first-order chi connectivity index (χ1) is 14.1. The van der Waals surface area contributed by atoms with Gasteiger partial charge in [-0.1, -0.05) is 0 Å². The van der Waals surface area contributed by atoms with E-state index in [9.17, 15) is 14.0 Å². The molecule has 2 aromatic carbocycles. The van der Waals surface area contributed by atoms with Crippen LogP contribution in [0.1, 0.15) is 23.2 Å². The number of nitrogens with one attached hydrogen (secondary N) is 1. The third kappa shape index (κ3) is 4.50. The number of carbonyl (C=O) groups is 2. The molecule has 1 N–H and O–H groups in total. The van der Waals surface area contributed by atoms with E-state index in [0.29, 0.717) is 37.4 Å². The van der Waals surface area contributed by atoms with E-state index in [-0.39, 0.29) is 17.8 Å². The van der Waals surface area contributed by atoms with Crippen LogP contribution in [-0.4, -0.2) is 61.0 Å². The summed E-state index contributed by atoms with van der Waals surface area (Å²) >= 11 is 0. The van der Waals surface area contributed by atoms with Crippen LogP contribution < -0.4 is 10.2 Å². The van der Waals surface area contributed by atoms with Crippen LogP contribution in [0.25, 0.3) is 0 Å². The second-order valence-electron chi connectivity index (χ2n) is 7.46. The molecule has 7 heteroatoms. The van der Waals surface area contributed by atoms with E-state index in [1.165, 1.54) is 12.1 Å². The molecule has 0 bridgehead atoms. The molecule has 29 heavy (non-hydrogen) atoms. The molecule has 0 atom stereocenters. The second-order valence-corrected chi connectivity index (χ2v) is 7.46. The van der Waals surface area contributed by atoms with Crippen LogP contribution >= 0.6 is 0 Å². The highest BCUT2D eigenvalue weighted by molar-refractivity contribution is 5.95. The maximum Gasteiger partial charge on any atom is 0.321 e. The van der Waals surface area contributed by atoms with Crippen molar-refractivity contribution in [2.45, 2.75) is 12.8 Å². The zero-order chi connectivity index (χ0) is 20.2. The van der Waals surface area contributed by atoms with E-state index < -0.39 is 0 Å². The summed E-state index contributed by atoms with van der Waals surface area (Å²) in [5.41, 5.74) is 2.29. The lowest BCUT2D eigenvalue weighted by molar-refractivity contribution is 0.0793. The molecule has 0 aliphatic carbocycles. The number of urea groups is 1. The van der Waals surface area contributed by atoms with Gasteiger partial charge in [-0.05, 0) is 61.4 Å². The lowest BCUT2D eigenvalue weighted by atomic mass is 10.2. The fraction of sp³-hybridized carbons (Fsp3) is 0.364. The van der Waals surface area contributed by atoms with Crippen molar-refractivity contribution in [3.05, 3.63) is 59.9 Å². The van der Waals surface area contributed by atoms with Crippen molar-refractivity contribution in [2.24, 2.45) is 0 Å². The fourth-order valence-corrected chi connectivity index (χ4v) is 3.82. The molecule has 2 heterocycles. The van der Waals surface area contributed by atoms with E-state index in [2.05, 4.69) is 10.2 Å². The van der Waals surface area contributed by atoms with Crippen LogP contribution in [0.2, 0.25) is 0 Å². The third-order valence-corrected chi connectivity index (χ3v) is 5.54. The second kappa shape index (κ2) is 8.51. The number of anilines is 2. The Balaban J connectivity index is 1.29.